The average molecular weight is 330 g/mol. The third kappa shape index (κ3) is 4.81. The number of carbonyl (C=O) groups is 2. The fraction of sp³-hybridized carbons (Fsp3) is 0.222. The molecule has 2 rings (SSSR count). The highest BCUT2D eigenvalue weighted by atomic mass is 19.1. The number of amides is 2. The van der Waals surface area contributed by atoms with Gasteiger partial charge in [-0.25, -0.2) is 4.39 Å². The Labute approximate surface area is 139 Å². The first-order chi connectivity index (χ1) is 11.5. The number of anilines is 1. The third-order valence-electron chi connectivity index (χ3n) is 3.37. The van der Waals surface area contributed by atoms with Crippen molar-refractivity contribution in [1.29, 1.82) is 0 Å². The minimum atomic E-state index is -0.452. The summed E-state index contributed by atoms with van der Waals surface area (Å²) in [6.45, 7) is 1.79. The van der Waals surface area contributed by atoms with E-state index in [9.17, 15) is 14.0 Å². The van der Waals surface area contributed by atoms with Gasteiger partial charge in [0.15, 0.2) is 0 Å². The summed E-state index contributed by atoms with van der Waals surface area (Å²) in [6.07, 6.45) is 0.512. The zero-order chi connectivity index (χ0) is 17.5. The summed E-state index contributed by atoms with van der Waals surface area (Å²) < 4.78 is 18.4. The van der Waals surface area contributed by atoms with Crippen LogP contribution in [0.25, 0.3) is 0 Å². The molecule has 6 heteroatoms. The Bertz CT molecular complexity index is 747. The van der Waals surface area contributed by atoms with Crippen LogP contribution in [0.4, 0.5) is 10.1 Å². The van der Waals surface area contributed by atoms with Crippen molar-refractivity contribution in [2.45, 2.75) is 13.3 Å². The molecule has 2 amide bonds. The van der Waals surface area contributed by atoms with Gasteiger partial charge in [0.25, 0.3) is 5.91 Å². The number of carbonyl (C=O) groups excluding carboxylic acids is 2. The van der Waals surface area contributed by atoms with Crippen molar-refractivity contribution in [3.8, 4) is 5.75 Å². The summed E-state index contributed by atoms with van der Waals surface area (Å²) in [4.78, 5) is 23.1. The molecule has 0 aliphatic heterocycles. The van der Waals surface area contributed by atoms with Crippen LogP contribution in [0.15, 0.2) is 42.5 Å². The van der Waals surface area contributed by atoms with Gasteiger partial charge in [-0.1, -0.05) is 6.07 Å². The molecule has 0 atom stereocenters. The Morgan fingerprint density at radius 2 is 1.96 bits per heavy atom. The first kappa shape index (κ1) is 17.5. The van der Waals surface area contributed by atoms with Gasteiger partial charge < -0.3 is 15.4 Å². The van der Waals surface area contributed by atoms with Crippen LogP contribution in [0.3, 0.4) is 0 Å². The summed E-state index contributed by atoms with van der Waals surface area (Å²) in [7, 11) is 1.56. The minimum Gasteiger partial charge on any atom is -0.496 e. The lowest BCUT2D eigenvalue weighted by molar-refractivity contribution is -0.114. The molecule has 0 unspecified atom stereocenters. The third-order valence-corrected chi connectivity index (χ3v) is 3.37. The number of hydrogen-bond donors (Lipinski definition) is 2. The Hall–Kier alpha value is -2.89. The molecule has 0 aromatic heterocycles. The van der Waals surface area contributed by atoms with Crippen LogP contribution >= 0.6 is 0 Å². The van der Waals surface area contributed by atoms with Gasteiger partial charge in [0.1, 0.15) is 11.6 Å². The molecule has 0 heterocycles. The first-order valence-electron chi connectivity index (χ1n) is 7.48. The second-order valence-electron chi connectivity index (χ2n) is 5.22. The van der Waals surface area contributed by atoms with Crippen LogP contribution in [-0.4, -0.2) is 25.5 Å². The highest BCUT2D eigenvalue weighted by molar-refractivity contribution is 5.94. The van der Waals surface area contributed by atoms with Crippen LogP contribution < -0.4 is 15.4 Å². The quantitative estimate of drug-likeness (QED) is 0.856. The Kier molecular flexibility index (Phi) is 5.89. The lowest BCUT2D eigenvalue weighted by Gasteiger charge is -2.12. The number of rotatable bonds is 6. The van der Waals surface area contributed by atoms with Crippen LogP contribution in [0.2, 0.25) is 0 Å². The second-order valence-corrected chi connectivity index (χ2v) is 5.22. The van der Waals surface area contributed by atoms with Gasteiger partial charge >= 0.3 is 0 Å². The van der Waals surface area contributed by atoms with Crippen molar-refractivity contribution in [2.24, 2.45) is 0 Å². The Morgan fingerprint density at radius 3 is 2.62 bits per heavy atom. The minimum absolute atomic E-state index is 0.162. The predicted octanol–water partition coefficient (Wildman–Crippen LogP) is 2.77. The largest absolute Gasteiger partial charge is 0.496 e. The summed E-state index contributed by atoms with van der Waals surface area (Å²) in [5.74, 6) is -0.284. The topological polar surface area (TPSA) is 67.4 Å². The van der Waals surface area contributed by atoms with Crippen molar-refractivity contribution in [1.82, 2.24) is 5.32 Å². The molecule has 2 aromatic carbocycles. The molecule has 2 N–H and O–H groups in total. The van der Waals surface area contributed by atoms with Gasteiger partial charge in [-0.05, 0) is 48.4 Å². The fourth-order valence-corrected chi connectivity index (χ4v) is 2.30. The Morgan fingerprint density at radius 1 is 1.17 bits per heavy atom. The molecular weight excluding hydrogens is 311 g/mol. The summed E-state index contributed by atoms with van der Waals surface area (Å²) >= 11 is 0. The van der Waals surface area contributed by atoms with E-state index in [2.05, 4.69) is 10.6 Å². The summed E-state index contributed by atoms with van der Waals surface area (Å²) in [5, 5.41) is 5.44. The van der Waals surface area contributed by atoms with Crippen molar-refractivity contribution < 1.29 is 18.7 Å². The molecule has 0 saturated carbocycles. The van der Waals surface area contributed by atoms with Gasteiger partial charge in [-0.3, -0.25) is 9.59 Å². The van der Waals surface area contributed by atoms with E-state index in [1.165, 1.54) is 25.1 Å². The predicted molar refractivity (Wildman–Crippen MR) is 89.7 cm³/mol. The first-order valence-corrected chi connectivity index (χ1v) is 7.48. The molecule has 2 aromatic rings. The molecule has 5 nitrogen and oxygen atoms in total. The molecule has 0 spiro atoms. The van der Waals surface area contributed by atoms with Crippen LogP contribution in [0, 0.1) is 5.82 Å². The lowest BCUT2D eigenvalue weighted by atomic mass is 10.1. The monoisotopic (exact) mass is 330 g/mol. The second kappa shape index (κ2) is 8.10. The van der Waals surface area contributed by atoms with Crippen molar-refractivity contribution in [3.63, 3.8) is 0 Å². The zero-order valence-electron chi connectivity index (χ0n) is 13.6. The standard InChI is InChI=1S/C18H19FN2O3/c1-12(22)21-16-6-7-17(24-2)13(11-16)8-9-20-18(23)14-4-3-5-15(19)10-14/h3-7,10-11H,8-9H2,1-2H3,(H,20,23)(H,21,22). The maximum atomic E-state index is 13.1. The van der Waals surface area contributed by atoms with E-state index in [1.807, 2.05) is 0 Å². The summed E-state index contributed by atoms with van der Waals surface area (Å²) in [6, 6.07) is 10.8. The zero-order valence-corrected chi connectivity index (χ0v) is 13.6. The maximum absolute atomic E-state index is 13.1. The van der Waals surface area contributed by atoms with E-state index in [0.29, 0.717) is 24.4 Å². The molecule has 0 bridgehead atoms. The van der Waals surface area contributed by atoms with Crippen molar-refractivity contribution in [3.05, 3.63) is 59.4 Å². The molecule has 0 radical (unpaired) electrons. The van der Waals surface area contributed by atoms with E-state index >= 15 is 0 Å². The van der Waals surface area contributed by atoms with Gasteiger partial charge in [0, 0.05) is 24.7 Å². The van der Waals surface area contributed by atoms with Crippen LogP contribution in [0.1, 0.15) is 22.8 Å². The highest BCUT2D eigenvalue weighted by Gasteiger charge is 2.09. The molecule has 24 heavy (non-hydrogen) atoms. The number of benzene rings is 2. The number of halogens is 1. The number of ether oxygens (including phenoxy) is 1. The van der Waals surface area contributed by atoms with Gasteiger partial charge in [0.05, 0.1) is 7.11 Å². The van der Waals surface area contributed by atoms with Crippen molar-refractivity contribution in [2.75, 3.05) is 19.0 Å². The number of nitrogens with one attached hydrogen (secondary N) is 2. The van der Waals surface area contributed by atoms with Gasteiger partial charge in [-0.2, -0.15) is 0 Å². The number of methoxy groups -OCH3 is 1. The van der Waals surface area contributed by atoms with Gasteiger partial charge in [-0.15, -0.1) is 0 Å². The Balaban J connectivity index is 2.00. The summed E-state index contributed by atoms with van der Waals surface area (Å²) in [5.41, 5.74) is 1.78. The van der Waals surface area contributed by atoms with E-state index in [1.54, 1.807) is 31.4 Å². The fourth-order valence-electron chi connectivity index (χ4n) is 2.30. The molecule has 126 valence electrons. The molecule has 0 aliphatic carbocycles. The number of hydrogen-bond acceptors (Lipinski definition) is 3. The smallest absolute Gasteiger partial charge is 0.251 e. The lowest BCUT2D eigenvalue weighted by Crippen LogP contribution is -2.25. The van der Waals surface area contributed by atoms with E-state index in [-0.39, 0.29) is 17.4 Å². The SMILES string of the molecule is COc1ccc(NC(C)=O)cc1CCNC(=O)c1cccc(F)c1. The molecule has 0 aliphatic rings. The molecule has 0 saturated heterocycles. The van der Waals surface area contributed by atoms with Crippen molar-refractivity contribution >= 4 is 17.5 Å². The van der Waals surface area contributed by atoms with E-state index in [4.69, 9.17) is 4.74 Å². The normalized spacial score (nSPS) is 10.1. The van der Waals surface area contributed by atoms with Gasteiger partial charge in [0.2, 0.25) is 5.91 Å². The molecule has 0 fully saturated rings. The molecular formula is C18H19FN2O3. The highest BCUT2D eigenvalue weighted by Crippen LogP contribution is 2.23. The average Bonchev–Trinajstić information content (AvgIpc) is 2.54. The maximum Gasteiger partial charge on any atom is 0.251 e. The van der Waals surface area contributed by atoms with Crippen LogP contribution in [-0.2, 0) is 11.2 Å². The van der Waals surface area contributed by atoms with Crippen LogP contribution in [0.5, 0.6) is 5.75 Å². The van der Waals surface area contributed by atoms with E-state index < -0.39 is 5.82 Å². The van der Waals surface area contributed by atoms with E-state index in [0.717, 1.165) is 5.56 Å².